The van der Waals surface area contributed by atoms with Crippen molar-refractivity contribution in [2.75, 3.05) is 5.75 Å². The highest BCUT2D eigenvalue weighted by Crippen LogP contribution is 2.26. The summed E-state index contributed by atoms with van der Waals surface area (Å²) in [7, 11) is 0. The molecule has 0 radical (unpaired) electrons. The highest BCUT2D eigenvalue weighted by atomic mass is 32.2. The molecule has 148 valence electrons. The molecule has 3 aromatic carbocycles. The Kier molecular flexibility index (Phi) is 5.26. The van der Waals surface area contributed by atoms with Crippen molar-refractivity contribution in [2.24, 2.45) is 0 Å². The molecule has 0 fully saturated rings. The van der Waals surface area contributed by atoms with Crippen LogP contribution < -0.4 is 0 Å². The molecule has 30 heavy (non-hydrogen) atoms. The molecule has 7 heteroatoms. The maximum absolute atomic E-state index is 4.49. The van der Waals surface area contributed by atoms with Gasteiger partial charge in [-0.15, -0.1) is 15.3 Å². The first-order valence-electron chi connectivity index (χ1n) is 9.88. The maximum atomic E-state index is 4.49. The summed E-state index contributed by atoms with van der Waals surface area (Å²) in [5.41, 5.74) is 4.10. The van der Waals surface area contributed by atoms with E-state index in [1.165, 1.54) is 5.56 Å². The lowest BCUT2D eigenvalue weighted by molar-refractivity contribution is 0.746. The Morgan fingerprint density at radius 1 is 0.733 bits per heavy atom. The first kappa shape index (κ1) is 18.6. The highest BCUT2D eigenvalue weighted by Gasteiger charge is 2.18. The van der Waals surface area contributed by atoms with Gasteiger partial charge in [-0.2, -0.15) is 4.68 Å². The summed E-state index contributed by atoms with van der Waals surface area (Å²) in [5.74, 6) is 1.60. The van der Waals surface area contributed by atoms with E-state index >= 15 is 0 Å². The summed E-state index contributed by atoms with van der Waals surface area (Å²) in [4.78, 5) is 0. The van der Waals surface area contributed by atoms with E-state index in [2.05, 4.69) is 63.0 Å². The smallest absolute Gasteiger partial charge is 0.254 e. The molecule has 5 rings (SSSR count). The molecule has 0 bridgehead atoms. The van der Waals surface area contributed by atoms with Crippen LogP contribution in [0.3, 0.4) is 0 Å². The van der Waals surface area contributed by atoms with Gasteiger partial charge in [-0.05, 0) is 42.7 Å². The Balaban J connectivity index is 1.45. The maximum Gasteiger partial charge on any atom is 0.259 e. The van der Waals surface area contributed by atoms with Gasteiger partial charge in [0.1, 0.15) is 5.52 Å². The normalized spacial score (nSPS) is 11.2. The van der Waals surface area contributed by atoms with Crippen molar-refractivity contribution in [1.82, 2.24) is 29.8 Å². The molecule has 0 aliphatic rings. The standard InChI is InChI=1S/C23H20N6S/c1-3-10-18(11-4-1)12-9-17-30-23-26-25-22(28(23)19-13-5-2-6-14-19)29-21-16-8-7-15-20(21)24-27-29/h1-8,10-11,13-16H,9,12,17H2. The van der Waals surface area contributed by atoms with Crippen molar-refractivity contribution in [2.45, 2.75) is 18.0 Å². The van der Waals surface area contributed by atoms with E-state index in [9.17, 15) is 0 Å². The van der Waals surface area contributed by atoms with Gasteiger partial charge in [0, 0.05) is 5.75 Å². The topological polar surface area (TPSA) is 61.4 Å². The van der Waals surface area contributed by atoms with Crippen molar-refractivity contribution in [3.05, 3.63) is 90.5 Å². The number of hydrogen-bond donors (Lipinski definition) is 0. The third kappa shape index (κ3) is 3.71. The van der Waals surface area contributed by atoms with Gasteiger partial charge in [0.2, 0.25) is 0 Å². The molecule has 0 N–H and O–H groups in total. The van der Waals surface area contributed by atoms with Crippen LogP contribution in [0.4, 0.5) is 0 Å². The molecule has 0 unspecified atom stereocenters. The lowest BCUT2D eigenvalue weighted by Crippen LogP contribution is -2.08. The minimum atomic E-state index is 0.639. The van der Waals surface area contributed by atoms with Crippen LogP contribution in [-0.2, 0) is 6.42 Å². The number of nitrogens with zero attached hydrogens (tertiary/aromatic N) is 6. The van der Waals surface area contributed by atoms with Crippen LogP contribution in [0.2, 0.25) is 0 Å². The average Bonchev–Trinajstić information content (AvgIpc) is 3.42. The van der Waals surface area contributed by atoms with Crippen LogP contribution in [0, 0.1) is 0 Å². The zero-order chi connectivity index (χ0) is 20.2. The molecule has 0 saturated carbocycles. The second-order valence-electron chi connectivity index (χ2n) is 6.88. The SMILES string of the molecule is c1ccc(CCCSc2nnc(-n3nnc4ccccc43)n2-c2ccccc2)cc1. The van der Waals surface area contributed by atoms with Gasteiger partial charge in [0.25, 0.3) is 5.95 Å². The fourth-order valence-corrected chi connectivity index (χ4v) is 4.28. The van der Waals surface area contributed by atoms with Crippen molar-refractivity contribution in [3.8, 4) is 11.6 Å². The zero-order valence-electron chi connectivity index (χ0n) is 16.3. The average molecular weight is 413 g/mol. The first-order chi connectivity index (χ1) is 14.9. The molecular weight excluding hydrogens is 392 g/mol. The van der Waals surface area contributed by atoms with Gasteiger partial charge in [0.15, 0.2) is 5.16 Å². The first-order valence-corrected chi connectivity index (χ1v) is 10.9. The Morgan fingerprint density at radius 2 is 1.47 bits per heavy atom. The molecule has 0 saturated heterocycles. The van der Waals surface area contributed by atoms with E-state index < -0.39 is 0 Å². The van der Waals surface area contributed by atoms with Crippen LogP contribution in [0.15, 0.2) is 90.1 Å². The predicted molar refractivity (Wildman–Crippen MR) is 119 cm³/mol. The second-order valence-corrected chi connectivity index (χ2v) is 7.94. The number of benzene rings is 3. The second kappa shape index (κ2) is 8.51. The van der Waals surface area contributed by atoms with Gasteiger partial charge in [-0.3, -0.25) is 4.57 Å². The Bertz CT molecular complexity index is 1250. The van der Waals surface area contributed by atoms with E-state index in [1.807, 2.05) is 47.0 Å². The van der Waals surface area contributed by atoms with Crippen LogP contribution >= 0.6 is 11.8 Å². The molecule has 0 spiro atoms. The molecule has 0 atom stereocenters. The molecule has 5 aromatic rings. The fourth-order valence-electron chi connectivity index (χ4n) is 3.40. The minimum absolute atomic E-state index is 0.639. The summed E-state index contributed by atoms with van der Waals surface area (Å²) < 4.78 is 3.80. The molecule has 0 amide bonds. The highest BCUT2D eigenvalue weighted by molar-refractivity contribution is 7.99. The molecule has 2 aromatic heterocycles. The number of rotatable bonds is 7. The zero-order valence-corrected chi connectivity index (χ0v) is 17.1. The monoisotopic (exact) mass is 412 g/mol. The van der Waals surface area contributed by atoms with Crippen molar-refractivity contribution < 1.29 is 0 Å². The largest absolute Gasteiger partial charge is 0.259 e. The minimum Gasteiger partial charge on any atom is -0.254 e. The molecular formula is C23H20N6S. The van der Waals surface area contributed by atoms with Crippen LogP contribution in [0.25, 0.3) is 22.7 Å². The quantitative estimate of drug-likeness (QED) is 0.286. The summed E-state index contributed by atoms with van der Waals surface area (Å²) >= 11 is 1.71. The van der Waals surface area contributed by atoms with Gasteiger partial charge >= 0.3 is 0 Å². The van der Waals surface area contributed by atoms with Gasteiger partial charge in [-0.25, -0.2) is 0 Å². The number of aromatic nitrogens is 6. The Morgan fingerprint density at radius 3 is 2.30 bits per heavy atom. The Hall–Kier alpha value is -3.45. The van der Waals surface area contributed by atoms with E-state index in [4.69, 9.17) is 0 Å². The molecule has 0 aliphatic heterocycles. The van der Waals surface area contributed by atoms with E-state index in [0.29, 0.717) is 5.95 Å². The third-order valence-corrected chi connectivity index (χ3v) is 5.87. The van der Waals surface area contributed by atoms with Gasteiger partial charge < -0.3 is 0 Å². The fraction of sp³-hybridized carbons (Fsp3) is 0.130. The molecule has 6 nitrogen and oxygen atoms in total. The number of fused-ring (bicyclic) bond motifs is 1. The summed E-state index contributed by atoms with van der Waals surface area (Å²) in [6, 6.07) is 28.6. The summed E-state index contributed by atoms with van der Waals surface area (Å²) in [6.45, 7) is 0. The summed E-state index contributed by atoms with van der Waals surface area (Å²) in [5, 5.41) is 18.4. The molecule has 0 aliphatic carbocycles. The summed E-state index contributed by atoms with van der Waals surface area (Å²) in [6.07, 6.45) is 2.12. The van der Waals surface area contributed by atoms with Crippen LogP contribution in [0.1, 0.15) is 12.0 Å². The van der Waals surface area contributed by atoms with Gasteiger partial charge in [-0.1, -0.05) is 77.6 Å². The lowest BCUT2D eigenvalue weighted by atomic mass is 10.1. The number of hydrogen-bond acceptors (Lipinski definition) is 5. The predicted octanol–water partition coefficient (Wildman–Crippen LogP) is 4.73. The number of para-hydroxylation sites is 2. The van der Waals surface area contributed by atoms with Crippen LogP contribution in [-0.4, -0.2) is 35.5 Å². The van der Waals surface area contributed by atoms with Crippen molar-refractivity contribution >= 4 is 22.8 Å². The van der Waals surface area contributed by atoms with Crippen LogP contribution in [0.5, 0.6) is 0 Å². The third-order valence-electron chi connectivity index (χ3n) is 4.86. The van der Waals surface area contributed by atoms with Gasteiger partial charge in [0.05, 0.1) is 11.2 Å². The van der Waals surface area contributed by atoms with E-state index in [1.54, 1.807) is 16.4 Å². The number of thioether (sulfide) groups is 1. The number of aryl methyl sites for hydroxylation is 1. The van der Waals surface area contributed by atoms with E-state index in [0.717, 1.165) is 40.5 Å². The van der Waals surface area contributed by atoms with E-state index in [-0.39, 0.29) is 0 Å². The Labute approximate surface area is 178 Å². The van der Waals surface area contributed by atoms with Crippen molar-refractivity contribution in [3.63, 3.8) is 0 Å². The molecule has 2 heterocycles. The lowest BCUT2D eigenvalue weighted by Gasteiger charge is -2.10. The van der Waals surface area contributed by atoms with Crippen molar-refractivity contribution in [1.29, 1.82) is 0 Å².